The first-order valence-electron chi connectivity index (χ1n) is 4.28. The maximum atomic E-state index is 10.9. The molecule has 0 heterocycles. The predicted molar refractivity (Wildman–Crippen MR) is 66.5 cm³/mol. The number of hydrogen-bond donors (Lipinski definition) is 0. The monoisotopic (exact) mass is 308 g/mol. The van der Waals surface area contributed by atoms with Crippen LogP contribution in [0.3, 0.4) is 0 Å². The highest BCUT2D eigenvalue weighted by Gasteiger charge is 2.04. The lowest BCUT2D eigenvalue weighted by atomic mass is 10.4. The number of ether oxygens (including phenoxy) is 1. The van der Waals surface area contributed by atoms with E-state index in [2.05, 4.69) is 20.7 Å². The lowest BCUT2D eigenvalue weighted by molar-refractivity contribution is -0.140. The Morgan fingerprint density at radius 2 is 2.33 bits per heavy atom. The van der Waals surface area contributed by atoms with Crippen molar-refractivity contribution >= 4 is 45.3 Å². The third kappa shape index (κ3) is 4.45. The molecule has 0 bridgehead atoms. The van der Waals surface area contributed by atoms with Crippen LogP contribution in [0, 0.1) is 0 Å². The zero-order valence-corrected chi connectivity index (χ0v) is 11.3. The molecule has 2 nitrogen and oxygen atoms in total. The molecule has 0 aliphatic heterocycles. The topological polar surface area (TPSA) is 26.3 Å². The highest BCUT2D eigenvalue weighted by molar-refractivity contribution is 9.10. The van der Waals surface area contributed by atoms with Gasteiger partial charge < -0.3 is 4.74 Å². The molecule has 1 aromatic rings. The smallest absolute Gasteiger partial charge is 0.306 e. The van der Waals surface area contributed by atoms with Gasteiger partial charge in [-0.05, 0) is 18.2 Å². The third-order valence-electron chi connectivity index (χ3n) is 1.68. The molecule has 1 rings (SSSR count). The Hall–Kier alpha value is -0.190. The molecule has 0 aromatic heterocycles. The number of esters is 1. The fourth-order valence-electron chi connectivity index (χ4n) is 0.934. The summed E-state index contributed by atoms with van der Waals surface area (Å²) in [6.45, 7) is 0. The second-order valence-corrected chi connectivity index (χ2v) is 5.21. The molecule has 0 atom stereocenters. The summed E-state index contributed by atoms with van der Waals surface area (Å²) in [5.41, 5.74) is 0. The van der Waals surface area contributed by atoms with Gasteiger partial charge in [-0.15, -0.1) is 11.8 Å². The van der Waals surface area contributed by atoms with Crippen LogP contribution in [-0.2, 0) is 9.53 Å². The molecule has 1 aromatic carbocycles. The summed E-state index contributed by atoms with van der Waals surface area (Å²) in [5.74, 6) is 0.469. The first kappa shape index (κ1) is 12.9. The third-order valence-corrected chi connectivity index (χ3v) is 3.68. The van der Waals surface area contributed by atoms with Crippen LogP contribution in [0.5, 0.6) is 0 Å². The van der Waals surface area contributed by atoms with Crippen molar-refractivity contribution in [3.63, 3.8) is 0 Å². The normalized spacial score (nSPS) is 10.1. The highest BCUT2D eigenvalue weighted by atomic mass is 79.9. The Morgan fingerprint density at radius 1 is 1.60 bits per heavy atom. The van der Waals surface area contributed by atoms with Crippen molar-refractivity contribution in [2.45, 2.75) is 11.3 Å². The number of methoxy groups -OCH3 is 1. The molecular weight excluding hydrogens is 300 g/mol. The lowest BCUT2D eigenvalue weighted by Gasteiger charge is -2.04. The number of benzene rings is 1. The van der Waals surface area contributed by atoms with Crippen molar-refractivity contribution < 1.29 is 9.53 Å². The van der Waals surface area contributed by atoms with Gasteiger partial charge in [-0.2, -0.15) is 0 Å². The van der Waals surface area contributed by atoms with E-state index in [4.69, 9.17) is 11.6 Å². The van der Waals surface area contributed by atoms with E-state index in [1.54, 1.807) is 11.8 Å². The quantitative estimate of drug-likeness (QED) is 0.626. The minimum Gasteiger partial charge on any atom is -0.469 e. The largest absolute Gasteiger partial charge is 0.469 e. The standard InChI is InChI=1S/C10H10BrClO2S/c1-14-10(13)4-5-15-9-6-7(11)2-3-8(9)12/h2-3,6H,4-5H2,1H3. The van der Waals surface area contributed by atoms with Crippen molar-refractivity contribution in [2.75, 3.05) is 12.9 Å². The molecular formula is C10H10BrClO2S. The molecule has 0 unspecified atom stereocenters. The summed E-state index contributed by atoms with van der Waals surface area (Å²) in [6.07, 6.45) is 0.393. The minimum atomic E-state index is -0.200. The molecule has 0 saturated heterocycles. The van der Waals surface area contributed by atoms with Crippen LogP contribution in [0.25, 0.3) is 0 Å². The summed E-state index contributed by atoms with van der Waals surface area (Å²) in [5, 5.41) is 0.702. The van der Waals surface area contributed by atoms with Crippen molar-refractivity contribution in [1.82, 2.24) is 0 Å². The van der Waals surface area contributed by atoms with Crippen molar-refractivity contribution in [1.29, 1.82) is 0 Å². The van der Waals surface area contributed by atoms with Crippen LogP contribution in [-0.4, -0.2) is 18.8 Å². The van der Waals surface area contributed by atoms with Crippen LogP contribution < -0.4 is 0 Å². The Balaban J connectivity index is 2.50. The second-order valence-electron chi connectivity index (χ2n) is 2.75. The van der Waals surface area contributed by atoms with Crippen LogP contribution >= 0.6 is 39.3 Å². The predicted octanol–water partition coefficient (Wildman–Crippen LogP) is 3.76. The van der Waals surface area contributed by atoms with Crippen molar-refractivity contribution in [3.05, 3.63) is 27.7 Å². The summed E-state index contributed by atoms with van der Waals surface area (Å²) < 4.78 is 5.53. The second kappa shape index (κ2) is 6.40. The lowest BCUT2D eigenvalue weighted by Crippen LogP contribution is -2.00. The van der Waals surface area contributed by atoms with E-state index < -0.39 is 0 Å². The van der Waals surface area contributed by atoms with Crippen LogP contribution in [0.2, 0.25) is 5.02 Å². The van der Waals surface area contributed by atoms with Gasteiger partial charge in [0.2, 0.25) is 0 Å². The average molecular weight is 310 g/mol. The first-order chi connectivity index (χ1) is 7.13. The molecule has 5 heteroatoms. The van der Waals surface area contributed by atoms with E-state index in [0.717, 1.165) is 9.37 Å². The van der Waals surface area contributed by atoms with Gasteiger partial charge in [0.25, 0.3) is 0 Å². The molecule has 0 aliphatic carbocycles. The molecule has 0 amide bonds. The van der Waals surface area contributed by atoms with Gasteiger partial charge in [0.05, 0.1) is 18.6 Å². The molecule has 0 N–H and O–H groups in total. The summed E-state index contributed by atoms with van der Waals surface area (Å²) in [6, 6.07) is 5.64. The van der Waals surface area contributed by atoms with E-state index >= 15 is 0 Å². The van der Waals surface area contributed by atoms with Gasteiger partial charge in [0.15, 0.2) is 0 Å². The molecule has 15 heavy (non-hydrogen) atoms. The van der Waals surface area contributed by atoms with Gasteiger partial charge in [-0.25, -0.2) is 0 Å². The fraction of sp³-hybridized carbons (Fsp3) is 0.300. The average Bonchev–Trinajstić information content (AvgIpc) is 2.23. The van der Waals surface area contributed by atoms with Crippen LogP contribution in [0.4, 0.5) is 0 Å². The van der Waals surface area contributed by atoms with Crippen LogP contribution in [0.1, 0.15) is 6.42 Å². The number of thioether (sulfide) groups is 1. The van der Waals surface area contributed by atoms with Crippen molar-refractivity contribution in [2.24, 2.45) is 0 Å². The number of hydrogen-bond acceptors (Lipinski definition) is 3. The summed E-state index contributed by atoms with van der Waals surface area (Å²) in [4.78, 5) is 11.8. The number of rotatable bonds is 4. The van der Waals surface area contributed by atoms with Gasteiger partial charge in [-0.1, -0.05) is 27.5 Å². The molecule has 0 aliphatic rings. The first-order valence-corrected chi connectivity index (χ1v) is 6.44. The van der Waals surface area contributed by atoms with E-state index in [1.165, 1.54) is 7.11 Å². The van der Waals surface area contributed by atoms with Crippen LogP contribution in [0.15, 0.2) is 27.6 Å². The summed E-state index contributed by atoms with van der Waals surface area (Å²) >= 11 is 10.9. The molecule has 0 spiro atoms. The Bertz CT molecular complexity index is 357. The Kier molecular flexibility index (Phi) is 5.50. The van der Waals surface area contributed by atoms with E-state index in [9.17, 15) is 4.79 Å². The van der Waals surface area contributed by atoms with Gasteiger partial charge in [0, 0.05) is 15.1 Å². The Morgan fingerprint density at radius 3 is 3.00 bits per heavy atom. The van der Waals surface area contributed by atoms with Gasteiger partial charge >= 0.3 is 5.97 Å². The molecule has 0 radical (unpaired) electrons. The highest BCUT2D eigenvalue weighted by Crippen LogP contribution is 2.30. The molecule has 0 fully saturated rings. The molecule has 0 saturated carbocycles. The van der Waals surface area contributed by atoms with Gasteiger partial charge in [-0.3, -0.25) is 4.79 Å². The van der Waals surface area contributed by atoms with E-state index in [1.807, 2.05) is 18.2 Å². The van der Waals surface area contributed by atoms with E-state index in [-0.39, 0.29) is 5.97 Å². The number of carbonyl (C=O) groups is 1. The summed E-state index contributed by atoms with van der Waals surface area (Å²) in [7, 11) is 1.39. The Labute approximate surface area is 106 Å². The minimum absolute atomic E-state index is 0.200. The molecule has 82 valence electrons. The fourth-order valence-corrected chi connectivity index (χ4v) is 2.63. The maximum absolute atomic E-state index is 10.9. The number of halogens is 2. The zero-order valence-electron chi connectivity index (χ0n) is 8.13. The zero-order chi connectivity index (χ0) is 11.3. The number of carbonyl (C=O) groups excluding carboxylic acids is 1. The van der Waals surface area contributed by atoms with E-state index in [0.29, 0.717) is 17.2 Å². The maximum Gasteiger partial charge on any atom is 0.306 e. The van der Waals surface area contributed by atoms with Crippen molar-refractivity contribution in [3.8, 4) is 0 Å². The SMILES string of the molecule is COC(=O)CCSc1cc(Br)ccc1Cl. The van der Waals surface area contributed by atoms with Gasteiger partial charge in [0.1, 0.15) is 0 Å².